The van der Waals surface area contributed by atoms with E-state index in [1.807, 2.05) is 25.1 Å². The number of methoxy groups -OCH3 is 1. The molecule has 2 heterocycles. The van der Waals surface area contributed by atoms with E-state index < -0.39 is 0 Å². The molecule has 1 amide bonds. The summed E-state index contributed by atoms with van der Waals surface area (Å²) in [6.07, 6.45) is 0.911. The molecule has 1 unspecified atom stereocenters. The molecule has 0 aliphatic carbocycles. The third-order valence-electron chi connectivity index (χ3n) is 4.45. The van der Waals surface area contributed by atoms with Crippen molar-refractivity contribution < 1.29 is 9.53 Å². The maximum Gasteiger partial charge on any atom is 0.224 e. The molecule has 3 rings (SSSR count). The zero-order chi connectivity index (χ0) is 16.2. The van der Waals surface area contributed by atoms with Gasteiger partial charge in [-0.1, -0.05) is 12.1 Å². The van der Waals surface area contributed by atoms with Crippen LogP contribution >= 0.6 is 0 Å². The number of amides is 1. The summed E-state index contributed by atoms with van der Waals surface area (Å²) in [7, 11) is 1.70. The summed E-state index contributed by atoms with van der Waals surface area (Å²) in [4.78, 5) is 22.4. The van der Waals surface area contributed by atoms with E-state index in [4.69, 9.17) is 4.74 Å². The molecule has 1 aliphatic rings. The fourth-order valence-electron chi connectivity index (χ4n) is 3.10. The number of ether oxygens (including phenoxy) is 1. The van der Waals surface area contributed by atoms with Crippen molar-refractivity contribution in [1.82, 2.24) is 20.2 Å². The van der Waals surface area contributed by atoms with E-state index in [1.165, 1.54) is 0 Å². The van der Waals surface area contributed by atoms with E-state index >= 15 is 0 Å². The number of carbonyl (C=O) groups is 1. The van der Waals surface area contributed by atoms with Gasteiger partial charge >= 0.3 is 0 Å². The monoisotopic (exact) mass is 316 g/mol. The quantitative estimate of drug-likeness (QED) is 0.846. The minimum Gasteiger partial charge on any atom is -0.383 e. The number of aromatic nitrogens is 2. The summed E-state index contributed by atoms with van der Waals surface area (Å²) in [5.41, 5.74) is 3.13. The van der Waals surface area contributed by atoms with Gasteiger partial charge in [-0.15, -0.1) is 0 Å². The largest absolute Gasteiger partial charge is 0.383 e. The van der Waals surface area contributed by atoms with Crippen LogP contribution in [0.4, 0.5) is 0 Å². The number of likely N-dealkylation sites (tertiary alicyclic amines) is 1. The second-order valence-electron chi connectivity index (χ2n) is 6.15. The molecule has 0 spiro atoms. The van der Waals surface area contributed by atoms with Gasteiger partial charge in [-0.3, -0.25) is 4.79 Å². The number of aryl methyl sites for hydroxylation is 1. The van der Waals surface area contributed by atoms with Gasteiger partial charge in [0.25, 0.3) is 0 Å². The van der Waals surface area contributed by atoms with Crippen molar-refractivity contribution in [2.45, 2.75) is 19.9 Å². The Bertz CT molecular complexity index is 682. The van der Waals surface area contributed by atoms with Crippen LogP contribution in [0.1, 0.15) is 17.8 Å². The van der Waals surface area contributed by atoms with Crippen molar-refractivity contribution in [2.24, 2.45) is 5.92 Å². The molecule has 1 fully saturated rings. The van der Waals surface area contributed by atoms with E-state index in [0.717, 1.165) is 48.5 Å². The Morgan fingerprint density at radius 1 is 1.52 bits per heavy atom. The van der Waals surface area contributed by atoms with Gasteiger partial charge < -0.3 is 19.9 Å². The van der Waals surface area contributed by atoms with Crippen LogP contribution in [-0.2, 0) is 16.1 Å². The SMILES string of the molecule is COCCN1CCC(C(=O)NCc2nc3c(C)cccc3[nH]2)C1. The standard InChI is InChI=1S/C17H24N4O2/c1-12-4-3-5-14-16(12)20-15(19-14)10-18-17(22)13-6-7-21(11-13)8-9-23-2/h3-5,13H,6-11H2,1-2H3,(H,18,22)(H,19,20). The van der Waals surface area contributed by atoms with Crippen LogP contribution < -0.4 is 5.32 Å². The normalized spacial score (nSPS) is 18.6. The minimum atomic E-state index is 0.0676. The molecule has 2 N–H and O–H groups in total. The van der Waals surface area contributed by atoms with Crippen molar-refractivity contribution in [3.05, 3.63) is 29.6 Å². The molecule has 6 nitrogen and oxygen atoms in total. The molecule has 1 atom stereocenters. The second-order valence-corrected chi connectivity index (χ2v) is 6.15. The third-order valence-corrected chi connectivity index (χ3v) is 4.45. The van der Waals surface area contributed by atoms with Crippen LogP contribution in [0.3, 0.4) is 0 Å². The lowest BCUT2D eigenvalue weighted by Gasteiger charge is -2.14. The Morgan fingerprint density at radius 3 is 3.17 bits per heavy atom. The number of H-pyrrole nitrogens is 1. The van der Waals surface area contributed by atoms with Crippen LogP contribution in [0.25, 0.3) is 11.0 Å². The smallest absolute Gasteiger partial charge is 0.224 e. The molecule has 0 radical (unpaired) electrons. The van der Waals surface area contributed by atoms with Gasteiger partial charge in [-0.25, -0.2) is 4.98 Å². The lowest BCUT2D eigenvalue weighted by Crippen LogP contribution is -2.33. The van der Waals surface area contributed by atoms with E-state index in [-0.39, 0.29) is 11.8 Å². The molecule has 6 heteroatoms. The van der Waals surface area contributed by atoms with E-state index in [0.29, 0.717) is 13.2 Å². The number of nitrogens with zero attached hydrogens (tertiary/aromatic N) is 2. The molecule has 1 aromatic carbocycles. The van der Waals surface area contributed by atoms with Crippen molar-refractivity contribution in [3.8, 4) is 0 Å². The Labute approximate surface area is 136 Å². The zero-order valence-electron chi connectivity index (χ0n) is 13.8. The van der Waals surface area contributed by atoms with Gasteiger partial charge in [0.1, 0.15) is 5.82 Å². The Balaban J connectivity index is 1.53. The maximum absolute atomic E-state index is 12.3. The summed E-state index contributed by atoms with van der Waals surface area (Å²) in [5.74, 6) is 0.983. The Morgan fingerprint density at radius 2 is 2.39 bits per heavy atom. The molecule has 0 saturated carbocycles. The number of benzene rings is 1. The lowest BCUT2D eigenvalue weighted by molar-refractivity contribution is -0.124. The summed E-state index contributed by atoms with van der Waals surface area (Å²) < 4.78 is 5.09. The van der Waals surface area contributed by atoms with Crippen LogP contribution in [0, 0.1) is 12.8 Å². The first kappa shape index (κ1) is 16.0. The summed E-state index contributed by atoms with van der Waals surface area (Å²) in [5, 5.41) is 3.01. The minimum absolute atomic E-state index is 0.0676. The lowest BCUT2D eigenvalue weighted by atomic mass is 10.1. The highest BCUT2D eigenvalue weighted by Gasteiger charge is 2.27. The van der Waals surface area contributed by atoms with Gasteiger partial charge in [0.15, 0.2) is 0 Å². The predicted molar refractivity (Wildman–Crippen MR) is 89.1 cm³/mol. The number of para-hydroxylation sites is 1. The first-order valence-electron chi connectivity index (χ1n) is 8.10. The van der Waals surface area contributed by atoms with Gasteiger partial charge in [0.2, 0.25) is 5.91 Å². The van der Waals surface area contributed by atoms with Crippen LogP contribution in [0.15, 0.2) is 18.2 Å². The fraction of sp³-hybridized carbons (Fsp3) is 0.529. The predicted octanol–water partition coefficient (Wildman–Crippen LogP) is 1.46. The third kappa shape index (κ3) is 3.71. The van der Waals surface area contributed by atoms with Gasteiger partial charge in [0.05, 0.1) is 30.1 Å². The number of imidazole rings is 1. The molecule has 124 valence electrons. The highest BCUT2D eigenvalue weighted by molar-refractivity contribution is 5.80. The number of fused-ring (bicyclic) bond motifs is 1. The number of hydrogen-bond acceptors (Lipinski definition) is 4. The Kier molecular flexibility index (Phi) is 4.93. The molecule has 1 saturated heterocycles. The zero-order valence-corrected chi connectivity index (χ0v) is 13.8. The van der Waals surface area contributed by atoms with Crippen molar-refractivity contribution in [1.29, 1.82) is 0 Å². The molecule has 23 heavy (non-hydrogen) atoms. The van der Waals surface area contributed by atoms with E-state index in [2.05, 4.69) is 20.2 Å². The second kappa shape index (κ2) is 7.10. The summed E-state index contributed by atoms with van der Waals surface area (Å²) >= 11 is 0. The van der Waals surface area contributed by atoms with Crippen LogP contribution in [0.2, 0.25) is 0 Å². The summed E-state index contributed by atoms with van der Waals surface area (Å²) in [6, 6.07) is 6.05. The maximum atomic E-state index is 12.3. The molecule has 1 aliphatic heterocycles. The number of carbonyl (C=O) groups excluding carboxylic acids is 1. The van der Waals surface area contributed by atoms with E-state index in [1.54, 1.807) is 7.11 Å². The molecular weight excluding hydrogens is 292 g/mol. The van der Waals surface area contributed by atoms with E-state index in [9.17, 15) is 4.79 Å². The van der Waals surface area contributed by atoms with Crippen molar-refractivity contribution in [3.63, 3.8) is 0 Å². The van der Waals surface area contributed by atoms with Crippen LogP contribution in [-0.4, -0.2) is 54.1 Å². The fourth-order valence-corrected chi connectivity index (χ4v) is 3.10. The number of aromatic amines is 1. The summed E-state index contributed by atoms with van der Waals surface area (Å²) in [6.45, 7) is 5.87. The number of hydrogen-bond donors (Lipinski definition) is 2. The highest BCUT2D eigenvalue weighted by Crippen LogP contribution is 2.17. The first-order chi connectivity index (χ1) is 11.2. The van der Waals surface area contributed by atoms with Crippen molar-refractivity contribution >= 4 is 16.9 Å². The number of nitrogens with one attached hydrogen (secondary N) is 2. The molecule has 0 bridgehead atoms. The molecule has 1 aromatic heterocycles. The van der Waals surface area contributed by atoms with Gasteiger partial charge in [-0.2, -0.15) is 0 Å². The average Bonchev–Trinajstić information content (AvgIpc) is 3.18. The van der Waals surface area contributed by atoms with Crippen molar-refractivity contribution in [2.75, 3.05) is 33.4 Å². The topological polar surface area (TPSA) is 70.2 Å². The number of rotatable bonds is 6. The highest BCUT2D eigenvalue weighted by atomic mass is 16.5. The van der Waals surface area contributed by atoms with Crippen LogP contribution in [0.5, 0.6) is 0 Å². The molecular formula is C17H24N4O2. The Hall–Kier alpha value is -1.92. The molecule has 2 aromatic rings. The average molecular weight is 316 g/mol. The van der Waals surface area contributed by atoms with Gasteiger partial charge in [-0.05, 0) is 31.5 Å². The first-order valence-corrected chi connectivity index (χ1v) is 8.10. The van der Waals surface area contributed by atoms with Gasteiger partial charge in [0, 0.05) is 20.2 Å².